The Kier molecular flexibility index (Phi) is 6.47. The van der Waals surface area contributed by atoms with Gasteiger partial charge in [0.25, 0.3) is 0 Å². The zero-order valence-electron chi connectivity index (χ0n) is 19.2. The molecule has 1 unspecified atom stereocenters. The van der Waals surface area contributed by atoms with Crippen LogP contribution in [0.5, 0.6) is 0 Å². The van der Waals surface area contributed by atoms with E-state index in [2.05, 4.69) is 6.07 Å². The highest BCUT2D eigenvalue weighted by molar-refractivity contribution is 5.97. The lowest BCUT2D eigenvalue weighted by molar-refractivity contribution is -0.137. The Morgan fingerprint density at radius 1 is 1.08 bits per heavy atom. The molecule has 37 heavy (non-hydrogen) atoms. The van der Waals surface area contributed by atoms with E-state index in [0.717, 1.165) is 23.1 Å². The number of urea groups is 1. The summed E-state index contributed by atoms with van der Waals surface area (Å²) < 4.78 is 45.5. The maximum atomic E-state index is 13.8. The number of nitriles is 2. The van der Waals surface area contributed by atoms with Crippen molar-refractivity contribution in [1.82, 2.24) is 4.90 Å². The molecule has 8 nitrogen and oxygen atoms in total. The molecule has 1 aliphatic rings. The third kappa shape index (κ3) is 4.75. The SMILES string of the molecule is CC1=C(C#N)C(c2ccc(C#N)cc2)N(Cc2ccc(C(=O)O)o2)C(=O)N1c1cccc(C(F)(F)F)c1. The number of furan rings is 1. The Morgan fingerprint density at radius 2 is 1.78 bits per heavy atom. The summed E-state index contributed by atoms with van der Waals surface area (Å²) in [6.45, 7) is 1.17. The van der Waals surface area contributed by atoms with E-state index in [0.29, 0.717) is 11.1 Å². The number of carbonyl (C=O) groups is 2. The van der Waals surface area contributed by atoms with Gasteiger partial charge in [-0.2, -0.15) is 23.7 Å². The molecule has 1 atom stereocenters. The van der Waals surface area contributed by atoms with Crippen LogP contribution in [0.3, 0.4) is 0 Å². The van der Waals surface area contributed by atoms with Crippen molar-refractivity contribution in [3.05, 3.63) is 100 Å². The van der Waals surface area contributed by atoms with Crippen LogP contribution in [0.4, 0.5) is 23.7 Å². The molecule has 1 N–H and O–H groups in total. The Bertz CT molecular complexity index is 1490. The number of aromatic carboxylic acids is 1. The Labute approximate surface area is 208 Å². The van der Waals surface area contributed by atoms with Crippen molar-refractivity contribution >= 4 is 17.7 Å². The second kappa shape index (κ2) is 9.55. The van der Waals surface area contributed by atoms with Crippen LogP contribution in [0.1, 0.15) is 46.0 Å². The summed E-state index contributed by atoms with van der Waals surface area (Å²) >= 11 is 0. The average Bonchev–Trinajstić information content (AvgIpc) is 3.34. The molecular formula is C26H17F3N4O4. The first-order valence-corrected chi connectivity index (χ1v) is 10.8. The number of carboxylic acids is 1. The number of halogens is 3. The number of nitrogens with zero attached hydrogens (tertiary/aromatic N) is 4. The van der Waals surface area contributed by atoms with Gasteiger partial charge in [-0.05, 0) is 55.0 Å². The fourth-order valence-electron chi connectivity index (χ4n) is 4.12. The van der Waals surface area contributed by atoms with Gasteiger partial charge >= 0.3 is 18.2 Å². The van der Waals surface area contributed by atoms with Gasteiger partial charge in [-0.25, -0.2) is 9.59 Å². The van der Waals surface area contributed by atoms with E-state index in [1.807, 2.05) is 6.07 Å². The number of rotatable bonds is 5. The normalized spacial score (nSPS) is 15.9. The monoisotopic (exact) mass is 506 g/mol. The summed E-state index contributed by atoms with van der Waals surface area (Å²) in [6.07, 6.45) is -4.66. The van der Waals surface area contributed by atoms with E-state index in [1.165, 1.54) is 42.2 Å². The maximum Gasteiger partial charge on any atom is 0.416 e. The molecule has 0 saturated heterocycles. The molecule has 0 fully saturated rings. The molecule has 0 radical (unpaired) electrons. The molecule has 0 bridgehead atoms. The van der Waals surface area contributed by atoms with Crippen LogP contribution in [-0.4, -0.2) is 22.0 Å². The average molecular weight is 506 g/mol. The van der Waals surface area contributed by atoms with Crippen molar-refractivity contribution in [2.45, 2.75) is 25.7 Å². The Hall–Kier alpha value is -5.03. The van der Waals surface area contributed by atoms with Crippen LogP contribution in [0.15, 0.2) is 76.4 Å². The van der Waals surface area contributed by atoms with Gasteiger partial charge in [-0.15, -0.1) is 0 Å². The van der Waals surface area contributed by atoms with E-state index >= 15 is 0 Å². The van der Waals surface area contributed by atoms with Crippen molar-refractivity contribution in [3.8, 4) is 12.1 Å². The smallest absolute Gasteiger partial charge is 0.416 e. The number of anilines is 1. The van der Waals surface area contributed by atoms with Crippen LogP contribution >= 0.6 is 0 Å². The molecule has 2 heterocycles. The first-order valence-electron chi connectivity index (χ1n) is 10.8. The molecule has 186 valence electrons. The van der Waals surface area contributed by atoms with Gasteiger partial charge in [0, 0.05) is 5.70 Å². The zero-order chi connectivity index (χ0) is 26.9. The summed E-state index contributed by atoms with van der Waals surface area (Å²) in [5, 5.41) is 28.4. The van der Waals surface area contributed by atoms with Crippen LogP contribution in [0.25, 0.3) is 0 Å². The van der Waals surface area contributed by atoms with Crippen molar-refractivity contribution in [1.29, 1.82) is 10.5 Å². The molecule has 1 aliphatic heterocycles. The van der Waals surface area contributed by atoms with Crippen molar-refractivity contribution in [2.24, 2.45) is 0 Å². The second-order valence-electron chi connectivity index (χ2n) is 8.11. The standard InChI is InChI=1S/C26H17F3N4O4/c1-15-21(13-31)23(17-7-5-16(12-30)6-8-17)32(14-20-9-10-22(37-20)24(34)35)25(36)33(15)19-4-2-3-18(11-19)26(27,28)29/h2-11,23H,14H2,1H3,(H,34,35). The molecule has 0 aliphatic carbocycles. The number of carboxylic acid groups (broad SMARTS) is 1. The van der Waals surface area contributed by atoms with Crippen molar-refractivity contribution in [3.63, 3.8) is 0 Å². The number of hydrogen-bond acceptors (Lipinski definition) is 5. The molecule has 0 saturated carbocycles. The van der Waals surface area contributed by atoms with Crippen molar-refractivity contribution in [2.75, 3.05) is 4.90 Å². The first kappa shape index (κ1) is 25.1. The van der Waals surface area contributed by atoms with E-state index in [-0.39, 0.29) is 35.0 Å². The van der Waals surface area contributed by atoms with Crippen molar-refractivity contribution < 1.29 is 32.3 Å². The van der Waals surface area contributed by atoms with Gasteiger partial charge in [0.1, 0.15) is 5.76 Å². The Morgan fingerprint density at radius 3 is 2.35 bits per heavy atom. The number of allylic oxidation sites excluding steroid dienone is 1. The molecule has 11 heteroatoms. The second-order valence-corrected chi connectivity index (χ2v) is 8.11. The molecule has 0 spiro atoms. The highest BCUT2D eigenvalue weighted by atomic mass is 19.4. The number of amides is 2. The molecule has 4 rings (SSSR count). The number of benzene rings is 2. The molecule has 2 aromatic carbocycles. The molecule has 2 amide bonds. The zero-order valence-corrected chi connectivity index (χ0v) is 19.2. The minimum atomic E-state index is -4.66. The minimum Gasteiger partial charge on any atom is -0.475 e. The fraction of sp³-hybridized carbons (Fsp3) is 0.154. The van der Waals surface area contributed by atoms with E-state index in [4.69, 9.17) is 9.68 Å². The lowest BCUT2D eigenvalue weighted by atomic mass is 9.93. The van der Waals surface area contributed by atoms with E-state index in [1.54, 1.807) is 12.1 Å². The van der Waals surface area contributed by atoms with Crippen LogP contribution in [0.2, 0.25) is 0 Å². The van der Waals surface area contributed by atoms with Gasteiger partial charge in [-0.1, -0.05) is 18.2 Å². The third-order valence-electron chi connectivity index (χ3n) is 5.85. The fourth-order valence-corrected chi connectivity index (χ4v) is 4.12. The lowest BCUT2D eigenvalue weighted by Gasteiger charge is -2.41. The van der Waals surface area contributed by atoms with Crippen LogP contribution in [0, 0.1) is 22.7 Å². The van der Waals surface area contributed by atoms with E-state index < -0.39 is 29.8 Å². The molecular weight excluding hydrogens is 489 g/mol. The van der Waals surface area contributed by atoms with Gasteiger partial charge in [0.05, 0.1) is 47.1 Å². The predicted octanol–water partition coefficient (Wildman–Crippen LogP) is 5.85. The van der Waals surface area contributed by atoms with Crippen LogP contribution < -0.4 is 4.90 Å². The lowest BCUT2D eigenvalue weighted by Crippen LogP contribution is -2.49. The largest absolute Gasteiger partial charge is 0.475 e. The van der Waals surface area contributed by atoms with Gasteiger partial charge in [-0.3, -0.25) is 4.90 Å². The topological polar surface area (TPSA) is 122 Å². The summed E-state index contributed by atoms with van der Waals surface area (Å²) in [7, 11) is 0. The summed E-state index contributed by atoms with van der Waals surface area (Å²) in [5.41, 5.74) is -0.0489. The third-order valence-corrected chi connectivity index (χ3v) is 5.85. The first-order chi connectivity index (χ1) is 17.5. The molecule has 1 aromatic heterocycles. The highest BCUT2D eigenvalue weighted by Gasteiger charge is 2.41. The van der Waals surface area contributed by atoms with Gasteiger partial charge < -0.3 is 14.4 Å². The summed E-state index contributed by atoms with van der Waals surface area (Å²) in [6, 6.07) is 15.2. The number of alkyl halides is 3. The number of carbonyl (C=O) groups excluding carboxylic acids is 1. The maximum absolute atomic E-state index is 13.8. The predicted molar refractivity (Wildman–Crippen MR) is 123 cm³/mol. The highest BCUT2D eigenvalue weighted by Crippen LogP contribution is 2.41. The summed E-state index contributed by atoms with van der Waals surface area (Å²) in [4.78, 5) is 27.3. The van der Waals surface area contributed by atoms with E-state index in [9.17, 15) is 33.1 Å². The quantitative estimate of drug-likeness (QED) is 0.463. The Balaban J connectivity index is 1.88. The molecule has 3 aromatic rings. The van der Waals surface area contributed by atoms with Gasteiger partial charge in [0.15, 0.2) is 0 Å². The van der Waals surface area contributed by atoms with Crippen LogP contribution in [-0.2, 0) is 12.7 Å². The number of hydrogen-bond donors (Lipinski definition) is 1. The minimum absolute atomic E-state index is 0.0757. The van der Waals surface area contributed by atoms with Gasteiger partial charge in [0.2, 0.25) is 5.76 Å². The summed E-state index contributed by atoms with van der Waals surface area (Å²) in [5.74, 6) is -1.60.